The Balaban J connectivity index is 0.838. The molecule has 426 valence electrons. The van der Waals surface area contributed by atoms with Crippen LogP contribution in [-0.2, 0) is 20.9 Å². The second-order valence-corrected chi connectivity index (χ2v) is 23.1. The molecule has 8 heterocycles. The quantitative estimate of drug-likeness (QED) is 0.137. The van der Waals surface area contributed by atoms with Crippen molar-refractivity contribution in [3.8, 4) is 23.3 Å². The Morgan fingerprint density at radius 1 is 0.797 bits per heavy atom. The third-order valence-corrected chi connectivity index (χ3v) is 17.6. The summed E-state index contributed by atoms with van der Waals surface area (Å²) in [5.41, 5.74) is 0.570. The SMILES string of the molecule is CCN(Cc1cc(F)ccc1Oc1n[n+](N2CC[C@H](OC)[C@H]2C(=O)N2CCC3(CC2)CN(c2ncnnc2Oc2ccc(F)cc2C(=O)N(CC)C(C)C)C3)cnc1N1CC2(CCN(C(=O)[C@H]3NC[C@H](F)[C@@H]3C)CC2)C1)C(C)C. The Morgan fingerprint density at radius 2 is 1.41 bits per heavy atom. The molecule has 0 radical (unpaired) electrons. The molecule has 6 aliphatic heterocycles. The van der Waals surface area contributed by atoms with Gasteiger partial charge in [-0.05, 0) is 125 Å². The van der Waals surface area contributed by atoms with Crippen molar-refractivity contribution in [3.05, 3.63) is 71.8 Å². The van der Waals surface area contributed by atoms with E-state index in [1.54, 1.807) is 36.1 Å². The van der Waals surface area contributed by atoms with E-state index in [0.717, 1.165) is 32.2 Å². The predicted molar refractivity (Wildman–Crippen MR) is 287 cm³/mol. The van der Waals surface area contributed by atoms with Gasteiger partial charge in [0.05, 0.1) is 24.3 Å². The van der Waals surface area contributed by atoms with Gasteiger partial charge in [-0.1, -0.05) is 13.8 Å². The number of anilines is 2. The summed E-state index contributed by atoms with van der Waals surface area (Å²) < 4.78 is 62.9. The molecule has 79 heavy (non-hydrogen) atoms. The highest BCUT2D eigenvalue weighted by atomic mass is 19.1. The highest BCUT2D eigenvalue weighted by Crippen LogP contribution is 2.47. The van der Waals surface area contributed by atoms with Crippen molar-refractivity contribution in [2.24, 2.45) is 16.7 Å². The summed E-state index contributed by atoms with van der Waals surface area (Å²) in [6, 6.07) is 7.19. The first-order valence-corrected chi connectivity index (χ1v) is 28.1. The van der Waals surface area contributed by atoms with Gasteiger partial charge in [-0.3, -0.25) is 19.3 Å². The Hall–Kier alpha value is -6.46. The van der Waals surface area contributed by atoms with Gasteiger partial charge in [0, 0.05) is 113 Å². The van der Waals surface area contributed by atoms with Crippen molar-refractivity contribution >= 4 is 29.4 Å². The molecule has 2 aromatic carbocycles. The van der Waals surface area contributed by atoms with Crippen LogP contribution in [0.3, 0.4) is 0 Å². The van der Waals surface area contributed by atoms with Crippen LogP contribution in [0.15, 0.2) is 49.1 Å². The molecule has 0 unspecified atom stereocenters. The molecule has 10 rings (SSSR count). The number of carbonyl (C=O) groups is 3. The monoisotopic (exact) mass is 1100 g/mol. The van der Waals surface area contributed by atoms with Gasteiger partial charge in [-0.2, -0.15) is 0 Å². The third kappa shape index (κ3) is 11.2. The molecule has 20 nitrogen and oxygen atoms in total. The molecule has 0 aliphatic carbocycles. The van der Waals surface area contributed by atoms with Gasteiger partial charge in [0.15, 0.2) is 11.9 Å². The van der Waals surface area contributed by atoms with Crippen LogP contribution in [0.1, 0.15) is 96.5 Å². The van der Waals surface area contributed by atoms with E-state index in [9.17, 15) is 23.2 Å². The minimum Gasteiger partial charge on any atom is -0.434 e. The Kier molecular flexibility index (Phi) is 16.2. The molecule has 4 aromatic rings. The third-order valence-electron chi connectivity index (χ3n) is 17.6. The van der Waals surface area contributed by atoms with Crippen molar-refractivity contribution in [2.75, 3.05) is 100 Å². The number of piperidine rings is 2. The van der Waals surface area contributed by atoms with Crippen molar-refractivity contribution in [1.82, 2.24) is 50.2 Å². The number of ether oxygens (including phenoxy) is 3. The second kappa shape index (κ2) is 23.0. The van der Waals surface area contributed by atoms with Gasteiger partial charge in [-0.25, -0.2) is 23.2 Å². The molecule has 6 saturated heterocycles. The summed E-state index contributed by atoms with van der Waals surface area (Å²) in [6.45, 7) is 20.8. The average Bonchev–Trinajstić information content (AvgIpc) is 4.11. The van der Waals surface area contributed by atoms with E-state index < -0.39 is 30.2 Å². The molecule has 6 aliphatic rings. The zero-order valence-electron chi connectivity index (χ0n) is 46.8. The first-order chi connectivity index (χ1) is 37.9. The maximum Gasteiger partial charge on any atom is 0.334 e. The minimum atomic E-state index is -1.04. The lowest BCUT2D eigenvalue weighted by Crippen LogP contribution is -2.68. The summed E-state index contributed by atoms with van der Waals surface area (Å²) in [5, 5.41) is 18.3. The van der Waals surface area contributed by atoms with Crippen LogP contribution in [0.25, 0.3) is 0 Å². The molecule has 5 atom stereocenters. The van der Waals surface area contributed by atoms with Crippen molar-refractivity contribution in [1.29, 1.82) is 0 Å². The number of halogens is 3. The average molecular weight is 1100 g/mol. The molecule has 2 spiro atoms. The van der Waals surface area contributed by atoms with Crippen molar-refractivity contribution < 1.29 is 46.6 Å². The molecule has 2 aromatic heterocycles. The summed E-state index contributed by atoms with van der Waals surface area (Å²) in [5.74, 6) is 0.0925. The van der Waals surface area contributed by atoms with Crippen LogP contribution >= 0.6 is 0 Å². The normalized spacial score (nSPS) is 23.5. The van der Waals surface area contributed by atoms with E-state index in [0.29, 0.717) is 101 Å². The molecule has 6 fully saturated rings. The number of hydrogen-bond donors (Lipinski definition) is 1. The van der Waals surface area contributed by atoms with E-state index in [1.807, 2.05) is 35.6 Å². The van der Waals surface area contributed by atoms with Gasteiger partial charge < -0.3 is 44.0 Å². The number of alkyl halides is 1. The fraction of sp³-hybridized carbons (Fsp3) is 0.625. The van der Waals surface area contributed by atoms with Crippen molar-refractivity contribution in [2.45, 2.75) is 124 Å². The van der Waals surface area contributed by atoms with Crippen LogP contribution < -0.4 is 34.4 Å². The molecule has 23 heteroatoms. The number of benzene rings is 2. The van der Waals surface area contributed by atoms with Gasteiger partial charge >= 0.3 is 18.0 Å². The summed E-state index contributed by atoms with van der Waals surface area (Å²) in [7, 11) is 1.62. The molecular formula is C56H76F3N14O6+. The molecule has 1 N–H and O–H groups in total. The Bertz CT molecular complexity index is 2850. The first-order valence-electron chi connectivity index (χ1n) is 28.1. The predicted octanol–water partition coefficient (Wildman–Crippen LogP) is 5.14. The minimum absolute atomic E-state index is 0.0364. The maximum absolute atomic E-state index is 15.0. The second-order valence-electron chi connectivity index (χ2n) is 23.1. The number of nitrogens with one attached hydrogen (secondary N) is 1. The van der Waals surface area contributed by atoms with Crippen LogP contribution in [0.4, 0.5) is 24.8 Å². The fourth-order valence-corrected chi connectivity index (χ4v) is 12.7. The number of nitrogens with zero attached hydrogens (tertiary/aromatic N) is 13. The molecular weight excluding hydrogens is 1020 g/mol. The maximum atomic E-state index is 15.0. The highest BCUT2D eigenvalue weighted by Gasteiger charge is 2.53. The van der Waals surface area contributed by atoms with Crippen LogP contribution in [-0.4, -0.2) is 185 Å². The topological polar surface area (TPSA) is 182 Å². The number of aromatic nitrogens is 6. The first kappa shape index (κ1) is 55.8. The van der Waals surface area contributed by atoms with E-state index in [-0.39, 0.29) is 82.0 Å². The Labute approximate surface area is 460 Å². The highest BCUT2D eigenvalue weighted by molar-refractivity contribution is 5.97. The van der Waals surface area contributed by atoms with Gasteiger partial charge in [0.1, 0.15) is 35.6 Å². The zero-order valence-corrected chi connectivity index (χ0v) is 46.8. The van der Waals surface area contributed by atoms with Gasteiger partial charge in [0.25, 0.3) is 17.7 Å². The molecule has 3 amide bonds. The smallest absolute Gasteiger partial charge is 0.334 e. The van der Waals surface area contributed by atoms with E-state index in [2.05, 4.69) is 56.0 Å². The van der Waals surface area contributed by atoms with Crippen molar-refractivity contribution in [3.63, 3.8) is 0 Å². The number of rotatable bonds is 17. The molecule has 0 bridgehead atoms. The lowest BCUT2D eigenvalue weighted by atomic mass is 9.72. The number of carbonyl (C=O) groups excluding carboxylic acids is 3. The standard InChI is InChI=1S/C56H76F3N14O6/c1-9-66(35(3)4)28-38-25-39(57)11-13-43(38)78-51-49(70-31-55(32-70)16-21-67(22-17-55)53(75)46-37(7)42(59)27-60-46)62-34-73(65-51)72-20-15-45(77-8)47(72)54(76)68-23-18-56(19-24-68)29-69(30-56)48-50(64-63-33-61-48)79-44-14-12-40(58)26-41(44)52(74)71(10-2)36(5)6/h11-14,25-26,33-37,42,45-47,60H,9-10,15-24,27-32H2,1-8H3/q+1/t37-,42-,45-,46-,47-/m0/s1. The van der Waals surface area contributed by atoms with E-state index in [4.69, 9.17) is 24.3 Å². The largest absolute Gasteiger partial charge is 0.434 e. The van der Waals surface area contributed by atoms with E-state index >= 15 is 4.39 Å². The van der Waals surface area contributed by atoms with E-state index in [1.165, 1.54) is 36.7 Å². The number of methoxy groups -OCH3 is 1. The summed E-state index contributed by atoms with van der Waals surface area (Å²) >= 11 is 0. The summed E-state index contributed by atoms with van der Waals surface area (Å²) in [6.07, 6.45) is 5.11. The van der Waals surface area contributed by atoms with Crippen LogP contribution in [0.5, 0.6) is 23.3 Å². The lowest BCUT2D eigenvalue weighted by molar-refractivity contribution is -0.753. The Morgan fingerprint density at radius 3 is 1.99 bits per heavy atom. The number of likely N-dealkylation sites (tertiary alicyclic amines) is 2. The zero-order chi connectivity index (χ0) is 55.9. The number of amides is 3. The fourth-order valence-electron chi connectivity index (χ4n) is 12.7. The molecule has 0 saturated carbocycles. The lowest BCUT2D eigenvalue weighted by Gasteiger charge is -2.54. The summed E-state index contributed by atoms with van der Waals surface area (Å²) in [4.78, 5) is 64.9. The van der Waals surface area contributed by atoms with Gasteiger partial charge in [-0.15, -0.1) is 10.2 Å². The number of hydrogen-bond acceptors (Lipinski definition) is 16. The van der Waals surface area contributed by atoms with Crippen LogP contribution in [0, 0.1) is 28.4 Å². The van der Waals surface area contributed by atoms with Gasteiger partial charge in [0.2, 0.25) is 5.91 Å². The van der Waals surface area contributed by atoms with Crippen LogP contribution in [0.2, 0.25) is 0 Å².